The first-order chi connectivity index (χ1) is 16.7. The van der Waals surface area contributed by atoms with Crippen LogP contribution in [-0.4, -0.2) is 85.8 Å². The molecule has 1 saturated heterocycles. The molecular weight excluding hydrogens is 482 g/mol. The maximum atomic E-state index is 11.9. The lowest BCUT2D eigenvalue weighted by Crippen LogP contribution is -2.67. The predicted molar refractivity (Wildman–Crippen MR) is 122 cm³/mol. The van der Waals surface area contributed by atoms with Gasteiger partial charge in [0.15, 0.2) is 12.2 Å². The van der Waals surface area contributed by atoms with Gasteiger partial charge in [0.05, 0.1) is 0 Å². The molecule has 1 fully saturated rings. The van der Waals surface area contributed by atoms with Crippen molar-refractivity contribution in [1.29, 1.82) is 0 Å². The summed E-state index contributed by atoms with van der Waals surface area (Å²) in [6.45, 7) is 10.2. The topological polar surface area (TPSA) is 177 Å². The van der Waals surface area contributed by atoms with Crippen LogP contribution in [0.25, 0.3) is 0 Å². The number of hydrogen-bond donors (Lipinski definition) is 3. The minimum atomic E-state index is -1.23. The molecule has 0 saturated carbocycles. The van der Waals surface area contributed by atoms with Crippen LogP contribution in [0.1, 0.15) is 54.9 Å². The zero-order chi connectivity index (χ0) is 27.5. The van der Waals surface area contributed by atoms with Crippen molar-refractivity contribution in [3.05, 3.63) is 0 Å². The van der Waals surface area contributed by atoms with E-state index in [1.165, 1.54) is 13.8 Å². The molecular formula is C22H37N3O11. The highest BCUT2D eigenvalue weighted by atomic mass is 16.8. The summed E-state index contributed by atoms with van der Waals surface area (Å²) in [5.41, 5.74) is 2.05. The zero-order valence-corrected chi connectivity index (χ0v) is 21.7. The molecule has 0 radical (unpaired) electrons. The smallest absolute Gasteiger partial charge is 0.407 e. The fourth-order valence-electron chi connectivity index (χ4n) is 3.20. The summed E-state index contributed by atoms with van der Waals surface area (Å²) in [5, 5.41) is 5.19. The van der Waals surface area contributed by atoms with Crippen LogP contribution in [0.2, 0.25) is 0 Å². The third-order valence-corrected chi connectivity index (χ3v) is 4.39. The molecule has 0 bridgehead atoms. The summed E-state index contributed by atoms with van der Waals surface area (Å²) in [7, 11) is 0. The van der Waals surface area contributed by atoms with Gasteiger partial charge in [-0.25, -0.2) is 4.79 Å². The lowest BCUT2D eigenvalue weighted by atomic mass is 9.96. The van der Waals surface area contributed by atoms with Crippen LogP contribution >= 0.6 is 0 Å². The molecule has 206 valence electrons. The van der Waals surface area contributed by atoms with Crippen LogP contribution in [0.15, 0.2) is 0 Å². The second-order valence-corrected chi connectivity index (χ2v) is 9.01. The fourth-order valence-corrected chi connectivity index (χ4v) is 3.20. The highest BCUT2D eigenvalue weighted by Crippen LogP contribution is 2.27. The van der Waals surface area contributed by atoms with Crippen molar-refractivity contribution in [3.63, 3.8) is 0 Å². The standard InChI is InChI=1S/C22H37N3O11/c1-12(26)25-17-19(33-15(4)29)18(32-14(3)28)16(11-31-13(2)27)34-20(17)36-24-10-8-9-23-21(30)35-22(5,6)7/h16-20,24H,8-11H2,1-7H3,(H,23,30)(H,25,26). The van der Waals surface area contributed by atoms with E-state index in [0.29, 0.717) is 6.42 Å². The SMILES string of the molecule is CC(=O)NC1C(ONCCCNC(=O)OC(C)(C)C)OC(COC(C)=O)C(OC(C)=O)C1OC(C)=O. The number of esters is 3. The summed E-state index contributed by atoms with van der Waals surface area (Å²) in [6.07, 6.45) is -4.85. The predicted octanol–water partition coefficient (Wildman–Crippen LogP) is 0.0785. The van der Waals surface area contributed by atoms with Gasteiger partial charge >= 0.3 is 24.0 Å². The summed E-state index contributed by atoms with van der Waals surface area (Å²) in [6, 6.07) is -1.09. The van der Waals surface area contributed by atoms with Crippen molar-refractivity contribution >= 4 is 29.9 Å². The number of carbonyl (C=O) groups excluding carboxylic acids is 5. The lowest BCUT2D eigenvalue weighted by Gasteiger charge is -2.44. The number of hydroxylamine groups is 1. The van der Waals surface area contributed by atoms with Crippen LogP contribution in [0.4, 0.5) is 4.79 Å². The molecule has 1 aliphatic heterocycles. The Hall–Kier alpha value is -2.97. The number of alkyl carbamates (subject to hydrolysis) is 1. The Kier molecular flexibility index (Phi) is 12.6. The van der Waals surface area contributed by atoms with E-state index in [9.17, 15) is 24.0 Å². The molecule has 5 atom stereocenters. The Balaban J connectivity index is 2.90. The average molecular weight is 520 g/mol. The van der Waals surface area contributed by atoms with Gasteiger partial charge in [-0.15, -0.1) is 0 Å². The van der Waals surface area contributed by atoms with Crippen LogP contribution < -0.4 is 16.1 Å². The number of hydrogen-bond acceptors (Lipinski definition) is 12. The van der Waals surface area contributed by atoms with Crippen LogP contribution in [0, 0.1) is 0 Å². The van der Waals surface area contributed by atoms with Gasteiger partial charge in [0.1, 0.15) is 24.4 Å². The first-order valence-corrected chi connectivity index (χ1v) is 11.4. The van der Waals surface area contributed by atoms with Crippen LogP contribution in [0.3, 0.4) is 0 Å². The van der Waals surface area contributed by atoms with E-state index >= 15 is 0 Å². The summed E-state index contributed by atoms with van der Waals surface area (Å²) >= 11 is 0. The molecule has 1 rings (SSSR count). The van der Waals surface area contributed by atoms with Gasteiger partial charge in [-0.1, -0.05) is 0 Å². The third kappa shape index (κ3) is 12.1. The number of ether oxygens (including phenoxy) is 5. The summed E-state index contributed by atoms with van der Waals surface area (Å²) in [4.78, 5) is 64.1. The molecule has 0 spiro atoms. The molecule has 0 aromatic heterocycles. The van der Waals surface area contributed by atoms with Gasteiger partial charge in [0.2, 0.25) is 12.2 Å². The average Bonchev–Trinajstić information content (AvgIpc) is 2.70. The van der Waals surface area contributed by atoms with Crippen molar-refractivity contribution < 1.29 is 52.5 Å². The van der Waals surface area contributed by atoms with Gasteiger partial charge in [0, 0.05) is 40.8 Å². The van der Waals surface area contributed by atoms with Gasteiger partial charge < -0.3 is 34.3 Å². The first-order valence-electron chi connectivity index (χ1n) is 11.4. The minimum absolute atomic E-state index is 0.253. The molecule has 36 heavy (non-hydrogen) atoms. The first kappa shape index (κ1) is 31.1. The molecule has 3 N–H and O–H groups in total. The number of rotatable bonds is 11. The lowest BCUT2D eigenvalue weighted by molar-refractivity contribution is -0.292. The summed E-state index contributed by atoms with van der Waals surface area (Å²) < 4.78 is 26.7. The molecule has 0 aromatic rings. The third-order valence-electron chi connectivity index (χ3n) is 4.39. The maximum absolute atomic E-state index is 11.9. The van der Waals surface area contributed by atoms with Crippen molar-refractivity contribution in [2.75, 3.05) is 19.7 Å². The molecule has 2 amide bonds. The number of nitrogens with one attached hydrogen (secondary N) is 3. The second kappa shape index (κ2) is 14.6. The molecule has 5 unspecified atom stereocenters. The van der Waals surface area contributed by atoms with E-state index in [4.69, 9.17) is 28.5 Å². The van der Waals surface area contributed by atoms with Crippen LogP contribution in [0.5, 0.6) is 0 Å². The Morgan fingerprint density at radius 3 is 2.00 bits per heavy atom. The van der Waals surface area contributed by atoms with Gasteiger partial charge in [-0.2, -0.15) is 5.48 Å². The highest BCUT2D eigenvalue weighted by molar-refractivity contribution is 5.73. The van der Waals surface area contributed by atoms with Crippen molar-refractivity contribution in [3.8, 4) is 0 Å². The van der Waals surface area contributed by atoms with Crippen molar-refractivity contribution in [2.24, 2.45) is 0 Å². The second-order valence-electron chi connectivity index (χ2n) is 9.01. The Morgan fingerprint density at radius 1 is 0.861 bits per heavy atom. The van der Waals surface area contributed by atoms with Gasteiger partial charge in [-0.3, -0.25) is 24.0 Å². The monoisotopic (exact) mass is 519 g/mol. The Morgan fingerprint density at radius 2 is 1.47 bits per heavy atom. The largest absolute Gasteiger partial charge is 0.463 e. The molecule has 1 aliphatic rings. The quantitative estimate of drug-likeness (QED) is 0.145. The van der Waals surface area contributed by atoms with E-state index in [0.717, 1.165) is 13.8 Å². The minimum Gasteiger partial charge on any atom is -0.463 e. The van der Waals surface area contributed by atoms with Gasteiger partial charge in [-0.05, 0) is 27.2 Å². The molecule has 0 aliphatic carbocycles. The van der Waals surface area contributed by atoms with E-state index in [1.807, 2.05) is 0 Å². The van der Waals surface area contributed by atoms with E-state index in [2.05, 4.69) is 16.1 Å². The molecule has 0 aromatic carbocycles. The highest BCUT2D eigenvalue weighted by Gasteiger charge is 2.51. The van der Waals surface area contributed by atoms with E-state index in [-0.39, 0.29) is 19.7 Å². The van der Waals surface area contributed by atoms with E-state index in [1.54, 1.807) is 20.8 Å². The summed E-state index contributed by atoms with van der Waals surface area (Å²) in [5.74, 6) is -2.51. The van der Waals surface area contributed by atoms with Crippen molar-refractivity contribution in [1.82, 2.24) is 16.1 Å². The Labute approximate surface area is 209 Å². The van der Waals surface area contributed by atoms with E-state index < -0.39 is 66.2 Å². The molecule has 14 heteroatoms. The molecule has 1 heterocycles. The Bertz CT molecular complexity index is 784. The fraction of sp³-hybridized carbons (Fsp3) is 0.773. The number of carbonyl (C=O) groups is 5. The van der Waals surface area contributed by atoms with Crippen LogP contribution in [-0.2, 0) is 47.7 Å². The maximum Gasteiger partial charge on any atom is 0.407 e. The normalized spacial score (nSPS) is 23.7. The van der Waals surface area contributed by atoms with Crippen molar-refractivity contribution in [2.45, 2.75) is 91.1 Å². The van der Waals surface area contributed by atoms with Gasteiger partial charge in [0.25, 0.3) is 0 Å². The molecule has 14 nitrogen and oxygen atoms in total. The number of amides is 2. The zero-order valence-electron chi connectivity index (χ0n) is 21.7.